The van der Waals surface area contributed by atoms with E-state index in [1.807, 2.05) is 12.1 Å². The van der Waals surface area contributed by atoms with Crippen LogP contribution in [-0.4, -0.2) is 55.3 Å². The molecule has 0 spiro atoms. The number of nitrogens with zero attached hydrogens (tertiary/aromatic N) is 3. The molecular weight excluding hydrogens is 386 g/mol. The predicted molar refractivity (Wildman–Crippen MR) is 107 cm³/mol. The second-order valence-electron chi connectivity index (χ2n) is 5.65. The van der Waals surface area contributed by atoms with Gasteiger partial charge in [0.1, 0.15) is 0 Å². The van der Waals surface area contributed by atoms with Crippen molar-refractivity contribution in [1.82, 2.24) is 14.7 Å². The third-order valence-corrected chi connectivity index (χ3v) is 5.91. The number of nitrogens with one attached hydrogen (secondary N) is 2. The first kappa shape index (κ1) is 19.4. The molecule has 0 radical (unpaired) electrons. The molecule has 8 nitrogen and oxygen atoms in total. The van der Waals surface area contributed by atoms with Crippen molar-refractivity contribution < 1.29 is 13.2 Å². The lowest BCUT2D eigenvalue weighted by Gasteiger charge is -2.26. The van der Waals surface area contributed by atoms with Gasteiger partial charge in [-0.2, -0.15) is 9.41 Å². The first-order valence-electron chi connectivity index (χ1n) is 8.24. The van der Waals surface area contributed by atoms with Gasteiger partial charge in [0.25, 0.3) is 0 Å². The van der Waals surface area contributed by atoms with E-state index in [4.69, 9.17) is 17.0 Å². The molecule has 0 amide bonds. The normalized spacial score (nSPS) is 15.6. The molecule has 0 aliphatic carbocycles. The van der Waals surface area contributed by atoms with E-state index in [1.54, 1.807) is 42.9 Å². The van der Waals surface area contributed by atoms with Crippen LogP contribution in [0.1, 0.15) is 5.56 Å². The molecule has 2 N–H and O–H groups in total. The molecule has 1 saturated heterocycles. The Kier molecular flexibility index (Phi) is 6.45. The van der Waals surface area contributed by atoms with Gasteiger partial charge in [-0.05, 0) is 54.2 Å². The molecule has 1 aromatic carbocycles. The highest BCUT2D eigenvalue weighted by molar-refractivity contribution is 7.89. The Morgan fingerprint density at radius 1 is 1.15 bits per heavy atom. The Bertz CT molecular complexity index is 896. The van der Waals surface area contributed by atoms with E-state index in [0.717, 1.165) is 5.56 Å². The van der Waals surface area contributed by atoms with Crippen molar-refractivity contribution in [2.75, 3.05) is 31.6 Å². The summed E-state index contributed by atoms with van der Waals surface area (Å²) in [5.74, 6) is 0. The van der Waals surface area contributed by atoms with Crippen LogP contribution in [0.25, 0.3) is 0 Å². The molecule has 3 rings (SSSR count). The SMILES string of the molecule is O=S(=O)(c1ccc(NC(=S)NN=Cc2ccncc2)cc1)N1CCOCC1. The number of aromatic nitrogens is 1. The first-order chi connectivity index (χ1) is 13.1. The molecule has 1 fully saturated rings. The van der Waals surface area contributed by atoms with E-state index in [-0.39, 0.29) is 4.90 Å². The number of morpholine rings is 1. The maximum atomic E-state index is 12.6. The number of hydrogen-bond acceptors (Lipinski definition) is 6. The number of pyridine rings is 1. The van der Waals surface area contributed by atoms with Crippen LogP contribution in [0.2, 0.25) is 0 Å². The minimum absolute atomic E-state index is 0.240. The summed E-state index contributed by atoms with van der Waals surface area (Å²) in [5.41, 5.74) is 4.25. The number of hydrazone groups is 1. The lowest BCUT2D eigenvalue weighted by atomic mass is 10.3. The number of ether oxygens (including phenoxy) is 1. The van der Waals surface area contributed by atoms with Crippen molar-refractivity contribution in [3.05, 3.63) is 54.4 Å². The standard InChI is InChI=1S/C17H19N5O3S2/c23-27(24,22-9-11-25-12-10-22)16-3-1-15(2-4-16)20-17(26)21-19-13-14-5-7-18-8-6-14/h1-8,13H,9-12H2,(H2,20,21,26). The van der Waals surface area contributed by atoms with Gasteiger partial charge in [0, 0.05) is 31.2 Å². The quantitative estimate of drug-likeness (QED) is 0.441. The number of sulfonamides is 1. The van der Waals surface area contributed by atoms with Gasteiger partial charge in [-0.3, -0.25) is 10.4 Å². The monoisotopic (exact) mass is 405 g/mol. The van der Waals surface area contributed by atoms with Crippen LogP contribution < -0.4 is 10.7 Å². The summed E-state index contributed by atoms with van der Waals surface area (Å²) in [6, 6.07) is 10.1. The van der Waals surface area contributed by atoms with Crippen LogP contribution in [0, 0.1) is 0 Å². The van der Waals surface area contributed by atoms with Gasteiger partial charge in [-0.25, -0.2) is 8.42 Å². The Labute approximate surface area is 163 Å². The molecule has 142 valence electrons. The van der Waals surface area contributed by atoms with Crippen LogP contribution >= 0.6 is 12.2 Å². The summed E-state index contributed by atoms with van der Waals surface area (Å²) >= 11 is 5.17. The van der Waals surface area contributed by atoms with E-state index < -0.39 is 10.0 Å². The number of thiocarbonyl (C=S) groups is 1. The molecule has 0 saturated carbocycles. The molecule has 27 heavy (non-hydrogen) atoms. The Hall–Kier alpha value is -2.40. The van der Waals surface area contributed by atoms with Gasteiger partial charge in [-0.15, -0.1) is 0 Å². The maximum Gasteiger partial charge on any atom is 0.243 e. The number of anilines is 1. The van der Waals surface area contributed by atoms with Gasteiger partial charge in [-0.1, -0.05) is 0 Å². The van der Waals surface area contributed by atoms with E-state index in [0.29, 0.717) is 37.1 Å². The van der Waals surface area contributed by atoms with Crippen LogP contribution in [0.4, 0.5) is 5.69 Å². The van der Waals surface area contributed by atoms with Gasteiger partial charge in [0.15, 0.2) is 5.11 Å². The van der Waals surface area contributed by atoms with Crippen molar-refractivity contribution in [2.24, 2.45) is 5.10 Å². The van der Waals surface area contributed by atoms with Crippen LogP contribution in [-0.2, 0) is 14.8 Å². The number of benzene rings is 1. The van der Waals surface area contributed by atoms with E-state index in [2.05, 4.69) is 20.8 Å². The summed E-state index contributed by atoms with van der Waals surface area (Å²) in [7, 11) is -3.50. The average molecular weight is 406 g/mol. The van der Waals surface area contributed by atoms with Gasteiger partial charge >= 0.3 is 0 Å². The first-order valence-corrected chi connectivity index (χ1v) is 10.1. The number of rotatable bonds is 5. The Morgan fingerprint density at radius 3 is 2.48 bits per heavy atom. The van der Waals surface area contributed by atoms with Gasteiger partial charge in [0.2, 0.25) is 10.0 Å². The fraction of sp³-hybridized carbons (Fsp3) is 0.235. The zero-order valence-corrected chi connectivity index (χ0v) is 16.0. The lowest BCUT2D eigenvalue weighted by Crippen LogP contribution is -2.40. The average Bonchev–Trinajstić information content (AvgIpc) is 2.70. The molecule has 0 unspecified atom stereocenters. The van der Waals surface area contributed by atoms with Crippen molar-refractivity contribution >= 4 is 39.3 Å². The van der Waals surface area contributed by atoms with Crippen molar-refractivity contribution in [2.45, 2.75) is 4.90 Å². The van der Waals surface area contributed by atoms with Crippen molar-refractivity contribution in [3.63, 3.8) is 0 Å². The zero-order chi connectivity index (χ0) is 19.1. The third kappa shape index (κ3) is 5.30. The third-order valence-electron chi connectivity index (χ3n) is 3.81. The molecule has 1 aliphatic rings. The van der Waals surface area contributed by atoms with Crippen molar-refractivity contribution in [3.8, 4) is 0 Å². The molecule has 0 bridgehead atoms. The Balaban J connectivity index is 1.57. The molecule has 1 aromatic heterocycles. The predicted octanol–water partition coefficient (Wildman–Crippen LogP) is 1.42. The van der Waals surface area contributed by atoms with E-state index in [1.165, 1.54) is 4.31 Å². The fourth-order valence-electron chi connectivity index (χ4n) is 2.42. The molecule has 2 heterocycles. The minimum Gasteiger partial charge on any atom is -0.379 e. The minimum atomic E-state index is -3.50. The summed E-state index contributed by atoms with van der Waals surface area (Å²) in [5, 5.41) is 7.28. The molecule has 10 heteroatoms. The molecule has 2 aromatic rings. The summed E-state index contributed by atoms with van der Waals surface area (Å²) in [6.45, 7) is 1.56. The number of hydrogen-bond donors (Lipinski definition) is 2. The van der Waals surface area contributed by atoms with Crippen molar-refractivity contribution in [1.29, 1.82) is 0 Å². The summed E-state index contributed by atoms with van der Waals surface area (Å²) in [6.07, 6.45) is 4.96. The maximum absolute atomic E-state index is 12.6. The van der Waals surface area contributed by atoms with Crippen LogP contribution in [0.5, 0.6) is 0 Å². The molecular formula is C17H19N5O3S2. The lowest BCUT2D eigenvalue weighted by molar-refractivity contribution is 0.0730. The topological polar surface area (TPSA) is 95.9 Å². The van der Waals surface area contributed by atoms with Crippen LogP contribution in [0.15, 0.2) is 58.8 Å². The van der Waals surface area contributed by atoms with Gasteiger partial charge < -0.3 is 10.1 Å². The summed E-state index contributed by atoms with van der Waals surface area (Å²) in [4.78, 5) is 4.17. The largest absolute Gasteiger partial charge is 0.379 e. The Morgan fingerprint density at radius 2 is 1.81 bits per heavy atom. The second kappa shape index (κ2) is 9.00. The molecule has 0 atom stereocenters. The second-order valence-corrected chi connectivity index (χ2v) is 7.99. The van der Waals surface area contributed by atoms with Gasteiger partial charge in [0.05, 0.1) is 24.3 Å². The van der Waals surface area contributed by atoms with E-state index in [9.17, 15) is 8.42 Å². The highest BCUT2D eigenvalue weighted by Gasteiger charge is 2.26. The highest BCUT2D eigenvalue weighted by Crippen LogP contribution is 2.19. The summed E-state index contributed by atoms with van der Waals surface area (Å²) < 4.78 is 31.8. The molecule has 1 aliphatic heterocycles. The van der Waals surface area contributed by atoms with Crippen LogP contribution in [0.3, 0.4) is 0 Å². The smallest absolute Gasteiger partial charge is 0.243 e. The fourth-order valence-corrected chi connectivity index (χ4v) is 4.00. The zero-order valence-electron chi connectivity index (χ0n) is 14.4. The van der Waals surface area contributed by atoms with E-state index >= 15 is 0 Å². The highest BCUT2D eigenvalue weighted by atomic mass is 32.2.